The van der Waals surface area contributed by atoms with Crippen LogP contribution in [-0.2, 0) is 6.42 Å². The molecule has 0 aliphatic rings. The standard InChI is InChI=1S/C13H10F2O2S/c1-17-8-5-13(18-7-8)12(16)6-9-10(14)3-2-4-11(9)15/h2-5,7H,6H2,1H3. The highest BCUT2D eigenvalue weighted by atomic mass is 32.1. The molecule has 1 heterocycles. The summed E-state index contributed by atoms with van der Waals surface area (Å²) in [6.07, 6.45) is -0.290. The SMILES string of the molecule is COc1csc(C(=O)Cc2c(F)cccc2F)c1. The fourth-order valence-electron chi connectivity index (χ4n) is 1.52. The summed E-state index contributed by atoms with van der Waals surface area (Å²) in [6, 6.07) is 5.11. The first-order valence-electron chi connectivity index (χ1n) is 5.20. The van der Waals surface area contributed by atoms with Gasteiger partial charge in [0.05, 0.1) is 12.0 Å². The van der Waals surface area contributed by atoms with Crippen LogP contribution in [0.1, 0.15) is 15.2 Å². The maximum Gasteiger partial charge on any atom is 0.177 e. The molecule has 0 radical (unpaired) electrons. The Balaban J connectivity index is 2.21. The van der Waals surface area contributed by atoms with Gasteiger partial charge in [0, 0.05) is 23.4 Å². The van der Waals surface area contributed by atoms with Crippen molar-refractivity contribution >= 4 is 17.1 Å². The molecule has 0 fully saturated rings. The molecule has 0 N–H and O–H groups in total. The number of benzene rings is 1. The van der Waals surface area contributed by atoms with Crippen molar-refractivity contribution in [2.75, 3.05) is 7.11 Å². The van der Waals surface area contributed by atoms with E-state index in [0.29, 0.717) is 10.6 Å². The zero-order chi connectivity index (χ0) is 13.1. The molecule has 0 aliphatic heterocycles. The first-order chi connectivity index (χ1) is 8.61. The van der Waals surface area contributed by atoms with Crippen LogP contribution in [-0.4, -0.2) is 12.9 Å². The topological polar surface area (TPSA) is 26.3 Å². The summed E-state index contributed by atoms with van der Waals surface area (Å²) in [4.78, 5) is 12.3. The molecule has 2 rings (SSSR count). The summed E-state index contributed by atoms with van der Waals surface area (Å²) in [5.41, 5.74) is -0.199. The number of carbonyl (C=O) groups excluding carboxylic acids is 1. The van der Waals surface area contributed by atoms with Gasteiger partial charge < -0.3 is 4.74 Å². The molecule has 18 heavy (non-hydrogen) atoms. The third kappa shape index (κ3) is 2.56. The summed E-state index contributed by atoms with van der Waals surface area (Å²) in [6.45, 7) is 0. The van der Waals surface area contributed by atoms with Gasteiger partial charge in [-0.25, -0.2) is 8.78 Å². The molecular formula is C13H10F2O2S. The molecule has 0 spiro atoms. The average Bonchev–Trinajstić information content (AvgIpc) is 2.82. The quantitative estimate of drug-likeness (QED) is 0.794. The van der Waals surface area contributed by atoms with E-state index in [4.69, 9.17) is 4.74 Å². The summed E-state index contributed by atoms with van der Waals surface area (Å²) in [7, 11) is 1.49. The second kappa shape index (κ2) is 5.27. The van der Waals surface area contributed by atoms with Crippen LogP contribution in [0.25, 0.3) is 0 Å². The molecule has 5 heteroatoms. The maximum atomic E-state index is 13.4. The van der Waals surface area contributed by atoms with Crippen LogP contribution < -0.4 is 4.74 Å². The van der Waals surface area contributed by atoms with Gasteiger partial charge in [0.1, 0.15) is 17.4 Å². The van der Waals surface area contributed by atoms with Gasteiger partial charge in [0.2, 0.25) is 0 Å². The Morgan fingerprint density at radius 2 is 2.00 bits per heavy atom. The highest BCUT2D eigenvalue weighted by molar-refractivity contribution is 7.12. The third-order valence-electron chi connectivity index (χ3n) is 2.48. The number of thiophene rings is 1. The summed E-state index contributed by atoms with van der Waals surface area (Å²) >= 11 is 1.19. The van der Waals surface area contributed by atoms with Crippen molar-refractivity contribution in [2.45, 2.75) is 6.42 Å². The van der Waals surface area contributed by atoms with Gasteiger partial charge in [-0.3, -0.25) is 4.79 Å². The zero-order valence-corrected chi connectivity index (χ0v) is 10.4. The minimum atomic E-state index is -0.702. The summed E-state index contributed by atoms with van der Waals surface area (Å²) in [5, 5.41) is 1.67. The number of methoxy groups -OCH3 is 1. The number of Topliss-reactive ketones (excluding diaryl/α,β-unsaturated/α-hetero) is 1. The number of ketones is 1. The van der Waals surface area contributed by atoms with Crippen LogP contribution in [0.3, 0.4) is 0 Å². The van der Waals surface area contributed by atoms with Gasteiger partial charge in [-0.2, -0.15) is 0 Å². The molecule has 2 nitrogen and oxygen atoms in total. The van der Waals surface area contributed by atoms with Crippen molar-refractivity contribution in [1.29, 1.82) is 0 Å². The van der Waals surface area contributed by atoms with Crippen molar-refractivity contribution in [2.24, 2.45) is 0 Å². The van der Waals surface area contributed by atoms with Crippen molar-refractivity contribution in [1.82, 2.24) is 0 Å². The van der Waals surface area contributed by atoms with E-state index >= 15 is 0 Å². The smallest absolute Gasteiger partial charge is 0.177 e. The number of rotatable bonds is 4. The van der Waals surface area contributed by atoms with E-state index in [-0.39, 0.29) is 17.8 Å². The summed E-state index contributed by atoms with van der Waals surface area (Å²) < 4.78 is 31.7. The number of hydrogen-bond acceptors (Lipinski definition) is 3. The molecule has 1 aromatic heterocycles. The van der Waals surface area contributed by atoms with Gasteiger partial charge in [-0.15, -0.1) is 11.3 Å². The van der Waals surface area contributed by atoms with Gasteiger partial charge in [-0.1, -0.05) is 6.07 Å². The second-order valence-corrected chi connectivity index (χ2v) is 4.56. The molecule has 1 aromatic carbocycles. The Labute approximate surface area is 107 Å². The Hall–Kier alpha value is -1.75. The number of ether oxygens (including phenoxy) is 1. The van der Waals surface area contributed by atoms with E-state index in [1.165, 1.54) is 24.5 Å². The molecule has 94 valence electrons. The minimum absolute atomic E-state index is 0.199. The Bertz CT molecular complexity index is 558. The normalized spacial score (nSPS) is 10.4. The lowest BCUT2D eigenvalue weighted by Crippen LogP contribution is -2.05. The molecule has 0 atom stereocenters. The second-order valence-electron chi connectivity index (χ2n) is 3.65. The van der Waals surface area contributed by atoms with Crippen LogP contribution >= 0.6 is 11.3 Å². The predicted octanol–water partition coefficient (Wildman–Crippen LogP) is 3.46. The number of carbonyl (C=O) groups is 1. The molecule has 2 aromatic rings. The van der Waals surface area contributed by atoms with E-state index in [1.54, 1.807) is 11.4 Å². The molecule has 0 amide bonds. The largest absolute Gasteiger partial charge is 0.496 e. The van der Waals surface area contributed by atoms with E-state index < -0.39 is 11.6 Å². The van der Waals surface area contributed by atoms with Crippen LogP contribution in [0.2, 0.25) is 0 Å². The fraction of sp³-hybridized carbons (Fsp3) is 0.154. The lowest BCUT2D eigenvalue weighted by molar-refractivity contribution is 0.0994. The van der Waals surface area contributed by atoms with E-state index in [1.807, 2.05) is 0 Å². The van der Waals surface area contributed by atoms with E-state index in [9.17, 15) is 13.6 Å². The zero-order valence-electron chi connectivity index (χ0n) is 9.57. The van der Waals surface area contributed by atoms with Crippen LogP contribution in [0.4, 0.5) is 8.78 Å². The Morgan fingerprint density at radius 3 is 2.56 bits per heavy atom. The lowest BCUT2D eigenvalue weighted by Gasteiger charge is -2.02. The maximum absolute atomic E-state index is 13.4. The highest BCUT2D eigenvalue weighted by Gasteiger charge is 2.16. The number of halogens is 2. The molecular weight excluding hydrogens is 258 g/mol. The number of hydrogen-bond donors (Lipinski definition) is 0. The first-order valence-corrected chi connectivity index (χ1v) is 6.08. The van der Waals surface area contributed by atoms with Crippen molar-refractivity contribution in [3.63, 3.8) is 0 Å². The molecule has 0 saturated heterocycles. The average molecular weight is 268 g/mol. The Morgan fingerprint density at radius 1 is 1.33 bits per heavy atom. The van der Waals surface area contributed by atoms with Gasteiger partial charge in [-0.05, 0) is 12.1 Å². The van der Waals surface area contributed by atoms with Crippen LogP contribution in [0, 0.1) is 11.6 Å². The van der Waals surface area contributed by atoms with Gasteiger partial charge in [0.25, 0.3) is 0 Å². The fourth-order valence-corrected chi connectivity index (χ4v) is 2.32. The van der Waals surface area contributed by atoms with Crippen molar-refractivity contribution in [3.05, 3.63) is 51.7 Å². The van der Waals surface area contributed by atoms with Crippen LogP contribution in [0.5, 0.6) is 5.75 Å². The molecule has 0 unspecified atom stereocenters. The van der Waals surface area contributed by atoms with E-state index in [0.717, 1.165) is 12.1 Å². The lowest BCUT2D eigenvalue weighted by atomic mass is 10.1. The molecule has 0 aliphatic carbocycles. The minimum Gasteiger partial charge on any atom is -0.496 e. The molecule has 0 bridgehead atoms. The van der Waals surface area contributed by atoms with Gasteiger partial charge >= 0.3 is 0 Å². The summed E-state index contributed by atoms with van der Waals surface area (Å²) in [5.74, 6) is -1.16. The van der Waals surface area contributed by atoms with Crippen molar-refractivity contribution < 1.29 is 18.3 Å². The third-order valence-corrected chi connectivity index (χ3v) is 3.43. The monoisotopic (exact) mass is 268 g/mol. The van der Waals surface area contributed by atoms with Gasteiger partial charge in [0.15, 0.2) is 5.78 Å². The first kappa shape index (κ1) is 12.7. The Kier molecular flexibility index (Phi) is 3.72. The molecule has 0 saturated carbocycles. The highest BCUT2D eigenvalue weighted by Crippen LogP contribution is 2.23. The van der Waals surface area contributed by atoms with E-state index in [2.05, 4.69) is 0 Å². The van der Waals surface area contributed by atoms with Crippen molar-refractivity contribution in [3.8, 4) is 5.75 Å². The van der Waals surface area contributed by atoms with Crippen LogP contribution in [0.15, 0.2) is 29.6 Å². The predicted molar refractivity (Wildman–Crippen MR) is 65.3 cm³/mol.